The number of nitrogens with zero attached hydrogens (tertiary/aromatic N) is 3. The van der Waals surface area contributed by atoms with Gasteiger partial charge in [-0.25, -0.2) is 4.98 Å². The van der Waals surface area contributed by atoms with E-state index in [2.05, 4.69) is 27.4 Å². The van der Waals surface area contributed by atoms with Crippen LogP contribution in [0.3, 0.4) is 0 Å². The van der Waals surface area contributed by atoms with E-state index in [1.165, 1.54) is 35.9 Å². The zero-order valence-corrected chi connectivity index (χ0v) is 17.4. The van der Waals surface area contributed by atoms with Crippen molar-refractivity contribution >= 4 is 57.2 Å². The summed E-state index contributed by atoms with van der Waals surface area (Å²) in [5.74, 6) is 1.28. The largest absolute Gasteiger partial charge is 0.301 e. The normalized spacial score (nSPS) is 10.8. The molecule has 0 saturated heterocycles. The Labute approximate surface area is 169 Å². The van der Waals surface area contributed by atoms with Crippen LogP contribution in [0.15, 0.2) is 44.4 Å². The van der Waals surface area contributed by atoms with Crippen LogP contribution in [0.5, 0.6) is 0 Å². The Morgan fingerprint density at radius 2 is 1.92 bits per heavy atom. The van der Waals surface area contributed by atoms with Crippen molar-refractivity contribution in [1.29, 1.82) is 0 Å². The molecule has 1 aromatic carbocycles. The van der Waals surface area contributed by atoms with Crippen molar-refractivity contribution in [1.82, 2.24) is 15.2 Å². The molecule has 3 rings (SSSR count). The third kappa shape index (κ3) is 5.80. The molecule has 0 aliphatic rings. The average Bonchev–Trinajstić information content (AvgIpc) is 3.31. The number of hydrogen-bond acceptors (Lipinski definition) is 8. The van der Waals surface area contributed by atoms with Gasteiger partial charge in [-0.05, 0) is 6.42 Å². The molecule has 0 fully saturated rings. The highest BCUT2D eigenvalue weighted by Crippen LogP contribution is 2.29. The van der Waals surface area contributed by atoms with Crippen LogP contribution >= 0.6 is 46.2 Å². The minimum Gasteiger partial charge on any atom is -0.301 e. The number of hydrogen-bond donors (Lipinski definition) is 1. The maximum Gasteiger partial charge on any atom is 0.236 e. The van der Waals surface area contributed by atoms with Crippen molar-refractivity contribution in [3.8, 4) is 11.3 Å². The molecule has 5 nitrogen and oxygen atoms in total. The molecule has 0 aliphatic carbocycles. The topological polar surface area (TPSA) is 67.8 Å². The Morgan fingerprint density at radius 3 is 2.69 bits per heavy atom. The second-order valence-corrected chi connectivity index (χ2v) is 9.68. The van der Waals surface area contributed by atoms with Gasteiger partial charge in [0.05, 0.1) is 11.4 Å². The zero-order valence-electron chi connectivity index (χ0n) is 14.2. The van der Waals surface area contributed by atoms with Crippen LogP contribution < -0.4 is 5.32 Å². The van der Waals surface area contributed by atoms with Crippen LogP contribution in [0.2, 0.25) is 0 Å². The standard InChI is InChI=1S/C17H18N4OS4/c1-2-3-9-23-16-20-21-17(26-16)25-11-14(22)19-15-18-13(10-24-15)12-7-5-4-6-8-12/h4-8,10H,2-3,9,11H2,1H3,(H,18,19,22). The number of carbonyl (C=O) groups is 1. The number of aromatic nitrogens is 3. The molecule has 2 heterocycles. The molecule has 3 aromatic rings. The van der Waals surface area contributed by atoms with Gasteiger partial charge in [0.15, 0.2) is 13.8 Å². The fourth-order valence-electron chi connectivity index (χ4n) is 1.97. The van der Waals surface area contributed by atoms with E-state index in [1.54, 1.807) is 23.1 Å². The van der Waals surface area contributed by atoms with E-state index < -0.39 is 0 Å². The molecule has 136 valence electrons. The SMILES string of the molecule is CCCCSc1nnc(SCC(=O)Nc2nc(-c3ccccc3)cs2)s1. The second kappa shape index (κ2) is 10.1. The summed E-state index contributed by atoms with van der Waals surface area (Å²) < 4.78 is 1.79. The van der Waals surface area contributed by atoms with E-state index in [-0.39, 0.29) is 5.91 Å². The van der Waals surface area contributed by atoms with Gasteiger partial charge in [-0.2, -0.15) is 0 Å². The van der Waals surface area contributed by atoms with E-state index in [0.29, 0.717) is 10.9 Å². The molecule has 0 spiro atoms. The van der Waals surface area contributed by atoms with E-state index in [9.17, 15) is 4.79 Å². The summed E-state index contributed by atoms with van der Waals surface area (Å²) in [4.78, 5) is 16.6. The summed E-state index contributed by atoms with van der Waals surface area (Å²) in [6.07, 6.45) is 2.35. The number of unbranched alkanes of at least 4 members (excludes halogenated alkanes) is 1. The summed E-state index contributed by atoms with van der Waals surface area (Å²) in [6.45, 7) is 2.17. The van der Waals surface area contributed by atoms with Crippen molar-refractivity contribution in [2.24, 2.45) is 0 Å². The van der Waals surface area contributed by atoms with E-state index in [1.807, 2.05) is 35.7 Å². The monoisotopic (exact) mass is 422 g/mol. The molecular weight excluding hydrogens is 404 g/mol. The van der Waals surface area contributed by atoms with Crippen molar-refractivity contribution in [3.63, 3.8) is 0 Å². The fraction of sp³-hybridized carbons (Fsp3) is 0.294. The first kappa shape index (κ1) is 19.3. The average molecular weight is 423 g/mol. The molecule has 0 bridgehead atoms. The Hall–Kier alpha value is -1.42. The minimum absolute atomic E-state index is 0.0839. The fourth-order valence-corrected chi connectivity index (χ4v) is 5.68. The van der Waals surface area contributed by atoms with Crippen LogP contribution in [0.25, 0.3) is 11.3 Å². The van der Waals surface area contributed by atoms with E-state index in [0.717, 1.165) is 25.7 Å². The summed E-state index contributed by atoms with van der Waals surface area (Å²) in [5.41, 5.74) is 1.91. The number of amides is 1. The molecule has 0 unspecified atom stereocenters. The first-order valence-electron chi connectivity index (χ1n) is 8.14. The molecule has 0 aliphatic heterocycles. The quantitative estimate of drug-likeness (QED) is 0.373. The minimum atomic E-state index is -0.0839. The van der Waals surface area contributed by atoms with Gasteiger partial charge < -0.3 is 5.32 Å². The van der Waals surface area contributed by atoms with Gasteiger partial charge in [0, 0.05) is 16.7 Å². The summed E-state index contributed by atoms with van der Waals surface area (Å²) in [6, 6.07) is 9.92. The van der Waals surface area contributed by atoms with Crippen molar-refractivity contribution in [2.75, 3.05) is 16.8 Å². The lowest BCUT2D eigenvalue weighted by molar-refractivity contribution is -0.113. The molecule has 0 atom stereocenters. The molecule has 1 N–H and O–H groups in total. The number of thioether (sulfide) groups is 2. The molecule has 9 heteroatoms. The summed E-state index contributed by atoms with van der Waals surface area (Å²) >= 11 is 6.11. The highest BCUT2D eigenvalue weighted by atomic mass is 32.2. The Bertz CT molecular complexity index is 834. The van der Waals surface area contributed by atoms with Crippen LogP contribution in [0.4, 0.5) is 5.13 Å². The van der Waals surface area contributed by atoms with Gasteiger partial charge in [-0.15, -0.1) is 21.5 Å². The smallest absolute Gasteiger partial charge is 0.236 e. The predicted molar refractivity (Wildman–Crippen MR) is 112 cm³/mol. The van der Waals surface area contributed by atoms with Gasteiger partial charge in [0.2, 0.25) is 5.91 Å². The molecule has 1 amide bonds. The third-order valence-corrected chi connectivity index (χ3v) is 7.29. The Balaban J connectivity index is 1.47. The molecular formula is C17H18N4OS4. The van der Waals surface area contributed by atoms with Gasteiger partial charge in [0.25, 0.3) is 0 Å². The lowest BCUT2D eigenvalue weighted by Crippen LogP contribution is -2.13. The van der Waals surface area contributed by atoms with Crippen molar-refractivity contribution < 1.29 is 4.79 Å². The second-order valence-electron chi connectivity index (χ2n) is 5.28. The zero-order chi connectivity index (χ0) is 18.2. The summed E-state index contributed by atoms with van der Waals surface area (Å²) in [7, 11) is 0. The Morgan fingerprint density at radius 1 is 1.15 bits per heavy atom. The number of thiazole rings is 1. The van der Waals surface area contributed by atoms with Crippen LogP contribution in [0, 0.1) is 0 Å². The van der Waals surface area contributed by atoms with Gasteiger partial charge in [-0.3, -0.25) is 4.79 Å². The molecule has 26 heavy (non-hydrogen) atoms. The lowest BCUT2D eigenvalue weighted by Gasteiger charge is -1.99. The van der Waals surface area contributed by atoms with Gasteiger partial charge >= 0.3 is 0 Å². The van der Waals surface area contributed by atoms with E-state index >= 15 is 0 Å². The number of nitrogens with one attached hydrogen (secondary N) is 1. The number of benzene rings is 1. The van der Waals surface area contributed by atoms with Crippen LogP contribution in [0.1, 0.15) is 19.8 Å². The molecule has 0 radical (unpaired) electrons. The highest BCUT2D eigenvalue weighted by molar-refractivity contribution is 8.03. The number of anilines is 1. The maximum atomic E-state index is 12.1. The molecule has 0 saturated carbocycles. The predicted octanol–water partition coefficient (Wildman–Crippen LogP) is 5.28. The van der Waals surface area contributed by atoms with Gasteiger partial charge in [0.1, 0.15) is 0 Å². The number of rotatable bonds is 9. The maximum absolute atomic E-state index is 12.1. The van der Waals surface area contributed by atoms with Gasteiger partial charge in [-0.1, -0.05) is 78.5 Å². The van der Waals surface area contributed by atoms with E-state index in [4.69, 9.17) is 0 Å². The summed E-state index contributed by atoms with van der Waals surface area (Å²) in [5, 5.41) is 13.7. The van der Waals surface area contributed by atoms with Crippen LogP contribution in [-0.4, -0.2) is 32.6 Å². The third-order valence-electron chi connectivity index (χ3n) is 3.26. The highest BCUT2D eigenvalue weighted by Gasteiger charge is 2.11. The first-order chi connectivity index (χ1) is 12.7. The number of carbonyl (C=O) groups excluding carboxylic acids is 1. The van der Waals surface area contributed by atoms with Crippen LogP contribution in [-0.2, 0) is 4.79 Å². The first-order valence-corrected chi connectivity index (χ1v) is 11.8. The lowest BCUT2D eigenvalue weighted by atomic mass is 10.2. The van der Waals surface area contributed by atoms with Crippen molar-refractivity contribution in [3.05, 3.63) is 35.7 Å². The van der Waals surface area contributed by atoms with Crippen molar-refractivity contribution in [2.45, 2.75) is 28.4 Å². The Kier molecular flexibility index (Phi) is 7.48. The molecule has 2 aromatic heterocycles.